The van der Waals surface area contributed by atoms with Crippen LogP contribution in [0.5, 0.6) is 0 Å². The predicted molar refractivity (Wildman–Crippen MR) is 87.3 cm³/mol. The number of carbonyl (C=O) groups is 2. The van der Waals surface area contributed by atoms with E-state index in [2.05, 4.69) is 5.16 Å². The zero-order chi connectivity index (χ0) is 18.8. The van der Waals surface area contributed by atoms with Crippen LogP contribution in [-0.4, -0.2) is 66.4 Å². The van der Waals surface area contributed by atoms with Gasteiger partial charge in [-0.1, -0.05) is 5.16 Å². The maximum atomic E-state index is 12.7. The molecule has 0 unspecified atom stereocenters. The van der Waals surface area contributed by atoms with Crippen LogP contribution < -0.4 is 0 Å². The highest BCUT2D eigenvalue weighted by Gasteiger charge is 2.36. The third-order valence-corrected chi connectivity index (χ3v) is 6.55. The van der Waals surface area contributed by atoms with E-state index in [1.165, 1.54) is 9.21 Å². The van der Waals surface area contributed by atoms with Crippen molar-refractivity contribution in [2.45, 2.75) is 38.0 Å². The molecule has 0 atom stereocenters. The van der Waals surface area contributed by atoms with Crippen molar-refractivity contribution in [3.63, 3.8) is 0 Å². The summed E-state index contributed by atoms with van der Waals surface area (Å²) in [7, 11) is -2.13. The molecule has 140 valence electrons. The lowest BCUT2D eigenvalue weighted by molar-refractivity contribution is -0.139. The van der Waals surface area contributed by atoms with Gasteiger partial charge in [0.15, 0.2) is 5.76 Å². The molecular weight excluding hydrogens is 350 g/mol. The van der Waals surface area contributed by atoms with Crippen molar-refractivity contribution in [2.24, 2.45) is 5.92 Å². The lowest BCUT2D eigenvalue weighted by Crippen LogP contribution is -2.44. The van der Waals surface area contributed by atoms with Gasteiger partial charge in [-0.15, -0.1) is 0 Å². The lowest BCUT2D eigenvalue weighted by Gasteiger charge is -2.32. The fourth-order valence-electron chi connectivity index (χ4n) is 3.00. The van der Waals surface area contributed by atoms with Crippen LogP contribution in [0.25, 0.3) is 0 Å². The molecular formula is C15H23N3O6S. The van der Waals surface area contributed by atoms with Crippen molar-refractivity contribution in [1.82, 2.24) is 14.4 Å². The van der Waals surface area contributed by atoms with Crippen LogP contribution in [0.4, 0.5) is 0 Å². The van der Waals surface area contributed by atoms with Gasteiger partial charge in [0.05, 0.1) is 6.42 Å². The smallest absolute Gasteiger partial charge is 0.305 e. The summed E-state index contributed by atoms with van der Waals surface area (Å²) in [6, 6.07) is 0. The number of amides is 1. The second kappa shape index (κ2) is 7.52. The summed E-state index contributed by atoms with van der Waals surface area (Å²) in [6.45, 7) is 3.74. The molecule has 1 aromatic rings. The van der Waals surface area contributed by atoms with E-state index >= 15 is 0 Å². The molecule has 1 aliphatic rings. The van der Waals surface area contributed by atoms with Crippen LogP contribution in [-0.2, 0) is 19.6 Å². The average molecular weight is 373 g/mol. The summed E-state index contributed by atoms with van der Waals surface area (Å²) in [4.78, 5) is 24.4. The molecule has 0 bridgehead atoms. The van der Waals surface area contributed by atoms with E-state index in [0.29, 0.717) is 18.5 Å². The fraction of sp³-hybridized carbons (Fsp3) is 0.667. The molecule has 1 N–H and O–H groups in total. The summed E-state index contributed by atoms with van der Waals surface area (Å²) < 4.78 is 31.8. The minimum atomic E-state index is -3.70. The number of carboxylic acid groups (broad SMARTS) is 1. The van der Waals surface area contributed by atoms with E-state index in [1.807, 2.05) is 0 Å². The Bertz CT molecular complexity index is 730. The van der Waals surface area contributed by atoms with E-state index in [4.69, 9.17) is 9.63 Å². The van der Waals surface area contributed by atoms with Gasteiger partial charge >= 0.3 is 5.97 Å². The highest BCUT2D eigenvalue weighted by Crippen LogP contribution is 2.28. The maximum absolute atomic E-state index is 12.7. The second-order valence-corrected chi connectivity index (χ2v) is 8.11. The zero-order valence-corrected chi connectivity index (χ0v) is 15.4. The zero-order valence-electron chi connectivity index (χ0n) is 14.6. The Morgan fingerprint density at radius 1 is 1.32 bits per heavy atom. The van der Waals surface area contributed by atoms with Crippen molar-refractivity contribution < 1.29 is 27.6 Å². The fourth-order valence-corrected chi connectivity index (χ4v) is 4.76. The Hall–Kier alpha value is -1.94. The van der Waals surface area contributed by atoms with E-state index in [9.17, 15) is 18.0 Å². The Kier molecular flexibility index (Phi) is 5.83. The number of aromatic nitrogens is 1. The Morgan fingerprint density at radius 3 is 2.40 bits per heavy atom. The van der Waals surface area contributed by atoms with Crippen LogP contribution >= 0.6 is 0 Å². The standard InChI is InChI=1S/C15H23N3O6S/c1-10-14(11(2)24-16-10)25(22,23)18-8-4-12(5-9-18)15(21)17(3)7-6-13(19)20/h12H,4-9H2,1-3H3,(H,19,20). The third kappa shape index (κ3) is 4.18. The van der Waals surface area contributed by atoms with Crippen LogP contribution in [0.1, 0.15) is 30.7 Å². The van der Waals surface area contributed by atoms with E-state index in [0.717, 1.165) is 0 Å². The van der Waals surface area contributed by atoms with E-state index in [-0.39, 0.29) is 48.5 Å². The van der Waals surface area contributed by atoms with Crippen molar-refractivity contribution in [3.8, 4) is 0 Å². The Labute approximate surface area is 146 Å². The largest absolute Gasteiger partial charge is 0.481 e. The third-order valence-electron chi connectivity index (χ3n) is 4.41. The number of nitrogens with zero attached hydrogens (tertiary/aromatic N) is 3. The van der Waals surface area contributed by atoms with Gasteiger partial charge in [-0.3, -0.25) is 9.59 Å². The minimum Gasteiger partial charge on any atom is -0.481 e. The van der Waals surface area contributed by atoms with Gasteiger partial charge in [-0.2, -0.15) is 4.31 Å². The number of carbonyl (C=O) groups excluding carboxylic acids is 1. The van der Waals surface area contributed by atoms with Crippen LogP contribution in [0.15, 0.2) is 9.42 Å². The van der Waals surface area contributed by atoms with Gasteiger partial charge in [-0.25, -0.2) is 8.42 Å². The topological polar surface area (TPSA) is 121 Å². The molecule has 2 heterocycles. The summed E-state index contributed by atoms with van der Waals surface area (Å²) in [5, 5.41) is 12.4. The van der Waals surface area contributed by atoms with Crippen LogP contribution in [0.3, 0.4) is 0 Å². The normalized spacial score (nSPS) is 16.8. The second-order valence-electron chi connectivity index (χ2n) is 6.24. The molecule has 1 saturated heterocycles. The first-order valence-corrected chi connectivity index (χ1v) is 9.48. The predicted octanol–water partition coefficient (Wildman–Crippen LogP) is 0.625. The molecule has 25 heavy (non-hydrogen) atoms. The first-order chi connectivity index (χ1) is 11.6. The number of aryl methyl sites for hydroxylation is 2. The van der Waals surface area contributed by atoms with Crippen LogP contribution in [0.2, 0.25) is 0 Å². The molecule has 1 fully saturated rings. The molecule has 0 radical (unpaired) electrons. The summed E-state index contributed by atoms with van der Waals surface area (Å²) in [6.07, 6.45) is 0.694. The molecule has 0 spiro atoms. The monoisotopic (exact) mass is 373 g/mol. The number of hydrogen-bond acceptors (Lipinski definition) is 6. The highest BCUT2D eigenvalue weighted by atomic mass is 32.2. The molecule has 1 amide bonds. The van der Waals surface area contributed by atoms with Gasteiger partial charge in [0.1, 0.15) is 10.6 Å². The molecule has 0 aromatic carbocycles. The van der Waals surface area contributed by atoms with Gasteiger partial charge in [0.25, 0.3) is 0 Å². The summed E-state index contributed by atoms with van der Waals surface area (Å²) >= 11 is 0. The van der Waals surface area contributed by atoms with Crippen molar-refractivity contribution in [2.75, 3.05) is 26.7 Å². The SMILES string of the molecule is Cc1noc(C)c1S(=O)(=O)N1CCC(C(=O)N(C)CCC(=O)O)CC1. The summed E-state index contributed by atoms with van der Waals surface area (Å²) in [5.41, 5.74) is 0.323. The first-order valence-electron chi connectivity index (χ1n) is 8.04. The number of sulfonamides is 1. The quantitative estimate of drug-likeness (QED) is 0.776. The molecule has 2 rings (SSSR count). The van der Waals surface area contributed by atoms with Gasteiger partial charge in [-0.05, 0) is 26.7 Å². The minimum absolute atomic E-state index is 0.0934. The molecule has 0 saturated carbocycles. The lowest BCUT2D eigenvalue weighted by atomic mass is 9.96. The highest BCUT2D eigenvalue weighted by molar-refractivity contribution is 7.89. The van der Waals surface area contributed by atoms with E-state index in [1.54, 1.807) is 20.9 Å². The molecule has 9 nitrogen and oxygen atoms in total. The molecule has 1 aliphatic heterocycles. The number of piperidine rings is 1. The van der Waals surface area contributed by atoms with Crippen molar-refractivity contribution in [1.29, 1.82) is 0 Å². The number of carboxylic acids is 1. The molecule has 0 aliphatic carbocycles. The average Bonchev–Trinajstić information content (AvgIpc) is 2.91. The molecule has 1 aromatic heterocycles. The van der Waals surface area contributed by atoms with Gasteiger partial charge < -0.3 is 14.5 Å². The molecule has 10 heteroatoms. The number of aliphatic carboxylic acids is 1. The first kappa shape index (κ1) is 19.4. The van der Waals surface area contributed by atoms with Crippen molar-refractivity contribution >= 4 is 21.9 Å². The Morgan fingerprint density at radius 2 is 1.92 bits per heavy atom. The summed E-state index contributed by atoms with van der Waals surface area (Å²) in [5.74, 6) is -1.14. The maximum Gasteiger partial charge on any atom is 0.305 e. The number of rotatable bonds is 6. The van der Waals surface area contributed by atoms with Gasteiger partial charge in [0, 0.05) is 32.6 Å². The Balaban J connectivity index is 1.99. The van der Waals surface area contributed by atoms with Crippen molar-refractivity contribution in [3.05, 3.63) is 11.5 Å². The van der Waals surface area contributed by atoms with Crippen LogP contribution in [0, 0.1) is 19.8 Å². The van der Waals surface area contributed by atoms with Gasteiger partial charge in [0.2, 0.25) is 15.9 Å². The van der Waals surface area contributed by atoms with E-state index < -0.39 is 16.0 Å². The number of hydrogen-bond donors (Lipinski definition) is 1.